The van der Waals surface area contributed by atoms with Crippen LogP contribution in [0.5, 0.6) is 0 Å². The highest BCUT2D eigenvalue weighted by molar-refractivity contribution is 5.86. The first-order chi connectivity index (χ1) is 12.2. The first kappa shape index (κ1) is 15.4. The van der Waals surface area contributed by atoms with Crippen LogP contribution in [-0.4, -0.2) is 10.2 Å². The summed E-state index contributed by atoms with van der Waals surface area (Å²) < 4.78 is 0. The van der Waals surface area contributed by atoms with Crippen molar-refractivity contribution in [2.75, 3.05) is 0 Å². The summed E-state index contributed by atoms with van der Waals surface area (Å²) >= 11 is 0. The van der Waals surface area contributed by atoms with E-state index in [0.717, 1.165) is 27.1 Å². The van der Waals surface area contributed by atoms with Crippen LogP contribution in [0.1, 0.15) is 17.2 Å². The minimum absolute atomic E-state index is 0.0754. The Balaban J connectivity index is 1.67. The lowest BCUT2D eigenvalue weighted by atomic mass is 10.0. The SMILES string of the molecule is OC(=CC(O)c1ccc2ccccc2c1)c1ccc2ccccc2c1. The molecule has 0 spiro atoms. The third-order valence-electron chi connectivity index (χ3n) is 4.48. The van der Waals surface area contributed by atoms with Crippen molar-refractivity contribution >= 4 is 27.3 Å². The van der Waals surface area contributed by atoms with E-state index in [-0.39, 0.29) is 5.76 Å². The standard InChI is InChI=1S/C23H18O2/c24-22(20-11-9-16-5-1-3-7-18(16)13-20)15-23(25)21-12-10-17-6-2-4-8-19(17)14-21/h1-15,22,24-25H. The van der Waals surface area contributed by atoms with Crippen LogP contribution >= 0.6 is 0 Å². The van der Waals surface area contributed by atoms with Gasteiger partial charge in [0.05, 0.1) is 0 Å². The van der Waals surface area contributed by atoms with E-state index in [1.807, 2.05) is 84.9 Å². The van der Waals surface area contributed by atoms with Crippen LogP contribution in [0.2, 0.25) is 0 Å². The van der Waals surface area contributed by atoms with E-state index in [4.69, 9.17) is 0 Å². The van der Waals surface area contributed by atoms with Crippen LogP contribution in [0.15, 0.2) is 91.0 Å². The van der Waals surface area contributed by atoms with Gasteiger partial charge in [0, 0.05) is 5.56 Å². The Kier molecular flexibility index (Phi) is 3.96. The van der Waals surface area contributed by atoms with Gasteiger partial charge in [-0.05, 0) is 45.3 Å². The van der Waals surface area contributed by atoms with Gasteiger partial charge in [-0.15, -0.1) is 0 Å². The van der Waals surface area contributed by atoms with Crippen LogP contribution in [0.25, 0.3) is 27.3 Å². The van der Waals surface area contributed by atoms with Gasteiger partial charge >= 0.3 is 0 Å². The van der Waals surface area contributed by atoms with Crippen molar-refractivity contribution in [3.05, 3.63) is 102 Å². The molecule has 0 aromatic heterocycles. The van der Waals surface area contributed by atoms with Crippen LogP contribution in [0.4, 0.5) is 0 Å². The van der Waals surface area contributed by atoms with Gasteiger partial charge in [0.25, 0.3) is 0 Å². The molecular weight excluding hydrogens is 308 g/mol. The van der Waals surface area contributed by atoms with Gasteiger partial charge < -0.3 is 10.2 Å². The third-order valence-corrected chi connectivity index (χ3v) is 4.48. The van der Waals surface area contributed by atoms with Crippen molar-refractivity contribution in [2.45, 2.75) is 6.10 Å². The number of rotatable bonds is 3. The van der Waals surface area contributed by atoms with Crippen LogP contribution in [0.3, 0.4) is 0 Å². The number of hydrogen-bond acceptors (Lipinski definition) is 2. The molecule has 1 atom stereocenters. The summed E-state index contributed by atoms with van der Waals surface area (Å²) in [5.41, 5.74) is 1.45. The van der Waals surface area contributed by atoms with E-state index in [9.17, 15) is 10.2 Å². The van der Waals surface area contributed by atoms with Crippen molar-refractivity contribution in [1.82, 2.24) is 0 Å². The van der Waals surface area contributed by atoms with Gasteiger partial charge in [0.1, 0.15) is 11.9 Å². The summed E-state index contributed by atoms with van der Waals surface area (Å²) in [6, 6.07) is 27.6. The highest BCUT2D eigenvalue weighted by Gasteiger charge is 2.09. The molecule has 1 unspecified atom stereocenters. The predicted molar refractivity (Wildman–Crippen MR) is 103 cm³/mol. The van der Waals surface area contributed by atoms with E-state index >= 15 is 0 Å². The topological polar surface area (TPSA) is 40.5 Å². The van der Waals surface area contributed by atoms with E-state index in [2.05, 4.69) is 0 Å². The van der Waals surface area contributed by atoms with Gasteiger partial charge in [-0.25, -0.2) is 0 Å². The second-order valence-electron chi connectivity index (χ2n) is 6.17. The summed E-state index contributed by atoms with van der Waals surface area (Å²) in [6.45, 7) is 0. The van der Waals surface area contributed by atoms with Crippen LogP contribution in [-0.2, 0) is 0 Å². The summed E-state index contributed by atoms with van der Waals surface area (Å²) in [7, 11) is 0. The maximum atomic E-state index is 10.5. The van der Waals surface area contributed by atoms with Gasteiger partial charge in [-0.3, -0.25) is 0 Å². The highest BCUT2D eigenvalue weighted by Crippen LogP contribution is 2.25. The first-order valence-corrected chi connectivity index (χ1v) is 8.27. The zero-order valence-electron chi connectivity index (χ0n) is 13.6. The lowest BCUT2D eigenvalue weighted by Crippen LogP contribution is -1.95. The van der Waals surface area contributed by atoms with Crippen molar-refractivity contribution in [3.63, 3.8) is 0 Å². The second kappa shape index (κ2) is 6.42. The summed E-state index contributed by atoms with van der Waals surface area (Å²) in [5, 5.41) is 25.3. The fraction of sp³-hybridized carbons (Fsp3) is 0.0435. The fourth-order valence-electron chi connectivity index (χ4n) is 3.08. The molecule has 2 N–H and O–H groups in total. The van der Waals surface area contributed by atoms with Crippen LogP contribution in [0, 0.1) is 0 Å². The molecular formula is C23H18O2. The van der Waals surface area contributed by atoms with Crippen LogP contribution < -0.4 is 0 Å². The number of aliphatic hydroxyl groups is 2. The summed E-state index contributed by atoms with van der Waals surface area (Å²) in [6.07, 6.45) is 0.616. The van der Waals surface area contributed by atoms with Crippen molar-refractivity contribution < 1.29 is 10.2 Å². The molecule has 0 bridgehead atoms. The van der Waals surface area contributed by atoms with Gasteiger partial charge in [0.15, 0.2) is 0 Å². The summed E-state index contributed by atoms with van der Waals surface area (Å²) in [5.74, 6) is 0.0754. The molecule has 0 heterocycles. The Bertz CT molecular complexity index is 1080. The quantitative estimate of drug-likeness (QED) is 0.479. The normalized spacial score (nSPS) is 13.2. The van der Waals surface area contributed by atoms with Gasteiger partial charge in [-0.1, -0.05) is 72.8 Å². The molecule has 0 amide bonds. The number of aliphatic hydroxyl groups excluding tert-OH is 2. The van der Waals surface area contributed by atoms with Crippen molar-refractivity contribution in [3.8, 4) is 0 Å². The predicted octanol–water partition coefficient (Wildman–Crippen LogP) is 5.63. The Morgan fingerprint density at radius 3 is 1.92 bits per heavy atom. The monoisotopic (exact) mass is 326 g/mol. The van der Waals surface area contributed by atoms with Crippen molar-refractivity contribution in [1.29, 1.82) is 0 Å². The molecule has 0 radical (unpaired) electrons. The average Bonchev–Trinajstić information content (AvgIpc) is 2.67. The molecule has 2 heteroatoms. The van der Waals surface area contributed by atoms with E-state index in [0.29, 0.717) is 5.56 Å². The molecule has 0 aliphatic heterocycles. The smallest absolute Gasteiger partial charge is 0.121 e. The van der Waals surface area contributed by atoms with Crippen molar-refractivity contribution in [2.24, 2.45) is 0 Å². The van der Waals surface area contributed by atoms with Gasteiger partial charge in [0.2, 0.25) is 0 Å². The largest absolute Gasteiger partial charge is 0.508 e. The lowest BCUT2D eigenvalue weighted by molar-refractivity contribution is 0.227. The van der Waals surface area contributed by atoms with E-state index in [1.54, 1.807) is 0 Å². The molecule has 0 saturated heterocycles. The highest BCUT2D eigenvalue weighted by atomic mass is 16.3. The molecule has 0 aliphatic carbocycles. The summed E-state index contributed by atoms with van der Waals surface area (Å²) in [4.78, 5) is 0. The Morgan fingerprint density at radius 1 is 0.680 bits per heavy atom. The molecule has 0 fully saturated rings. The Labute approximate surface area is 146 Å². The number of fused-ring (bicyclic) bond motifs is 2. The fourth-order valence-corrected chi connectivity index (χ4v) is 3.08. The Morgan fingerprint density at radius 2 is 1.24 bits per heavy atom. The molecule has 25 heavy (non-hydrogen) atoms. The average molecular weight is 326 g/mol. The third kappa shape index (κ3) is 3.12. The lowest BCUT2D eigenvalue weighted by Gasteiger charge is -2.10. The maximum Gasteiger partial charge on any atom is 0.121 e. The van der Waals surface area contributed by atoms with Gasteiger partial charge in [-0.2, -0.15) is 0 Å². The first-order valence-electron chi connectivity index (χ1n) is 8.27. The molecule has 0 aliphatic rings. The molecule has 122 valence electrons. The zero-order chi connectivity index (χ0) is 17.2. The number of hydrogen-bond donors (Lipinski definition) is 2. The molecule has 4 aromatic rings. The zero-order valence-corrected chi connectivity index (χ0v) is 13.6. The maximum absolute atomic E-state index is 10.5. The van der Waals surface area contributed by atoms with E-state index in [1.165, 1.54) is 6.08 Å². The second-order valence-corrected chi connectivity index (χ2v) is 6.17. The van der Waals surface area contributed by atoms with E-state index < -0.39 is 6.10 Å². The minimum Gasteiger partial charge on any atom is -0.508 e. The Hall–Kier alpha value is -3.10. The molecule has 4 rings (SSSR count). The number of benzene rings is 4. The minimum atomic E-state index is -0.865. The molecule has 0 saturated carbocycles. The molecule has 2 nitrogen and oxygen atoms in total. The molecule has 4 aromatic carbocycles.